The predicted octanol–water partition coefficient (Wildman–Crippen LogP) is 4.00. The van der Waals surface area contributed by atoms with Crippen LogP contribution in [-0.2, 0) is 19.1 Å². The third-order valence-corrected chi connectivity index (χ3v) is 6.06. The zero-order chi connectivity index (χ0) is 23.6. The molecule has 4 N–H and O–H groups in total. The lowest BCUT2D eigenvalue weighted by atomic mass is 9.84. The van der Waals surface area contributed by atoms with Crippen LogP contribution in [0.15, 0.2) is 60.7 Å². The molecule has 2 aromatic rings. The molecule has 0 radical (unpaired) electrons. The maximum absolute atomic E-state index is 13.4. The summed E-state index contributed by atoms with van der Waals surface area (Å²) in [6.07, 6.45) is 4.65. The number of amides is 1. The Bertz CT molecular complexity index is 880. The number of hydrogen-bond donors (Lipinski definition) is 3. The van der Waals surface area contributed by atoms with Gasteiger partial charge in [-0.1, -0.05) is 92.8 Å². The van der Waals surface area contributed by atoms with Crippen LogP contribution in [0.4, 0.5) is 0 Å². The van der Waals surface area contributed by atoms with Crippen LogP contribution in [0.1, 0.15) is 62.2 Å². The van der Waals surface area contributed by atoms with Gasteiger partial charge in [0.15, 0.2) is 6.10 Å². The van der Waals surface area contributed by atoms with Crippen LogP contribution in [0.3, 0.4) is 0 Å². The normalized spacial score (nSPS) is 15.6. The number of carbonyl (C=O) groups is 3. The van der Waals surface area contributed by atoms with Gasteiger partial charge in [0.1, 0.15) is 6.04 Å². The number of hydrogen-bond acceptors (Lipinski definition) is 5. The van der Waals surface area contributed by atoms with Crippen LogP contribution in [0.5, 0.6) is 0 Å². The maximum atomic E-state index is 13.4. The molecule has 2 aromatic carbocycles. The van der Waals surface area contributed by atoms with E-state index in [1.807, 2.05) is 60.7 Å². The molecule has 7 nitrogen and oxygen atoms in total. The van der Waals surface area contributed by atoms with Gasteiger partial charge in [0.25, 0.3) is 0 Å². The summed E-state index contributed by atoms with van der Waals surface area (Å²) < 4.78 is 5.98. The average Bonchev–Trinajstić information content (AvgIpc) is 2.83. The lowest BCUT2D eigenvalue weighted by molar-refractivity contribution is -0.152. The smallest absolute Gasteiger partial charge is 0.329 e. The number of benzene rings is 2. The molecule has 1 fully saturated rings. The summed E-state index contributed by atoms with van der Waals surface area (Å²) in [4.78, 5) is 36.9. The summed E-state index contributed by atoms with van der Waals surface area (Å²) in [5, 5.41) is 11.6. The number of rotatable bonds is 10. The summed E-state index contributed by atoms with van der Waals surface area (Å²) in [7, 11) is 0. The Hall–Kier alpha value is -2.90. The Balaban J connectivity index is 0.00000408. The number of nitrogens with one attached hydrogen (secondary N) is 1. The fraction of sp³-hybridized carbons (Fsp3) is 0.423. The molecule has 8 heteroatoms. The topological polar surface area (TPSA) is 119 Å². The monoisotopic (exact) mass is 488 g/mol. The van der Waals surface area contributed by atoms with E-state index in [0.29, 0.717) is 12.3 Å². The minimum atomic E-state index is -1.23. The van der Waals surface area contributed by atoms with Crippen LogP contribution in [0.25, 0.3) is 0 Å². The standard InChI is InChI=1S/C26H32N2O5.ClH/c27-21(17-23(29)30)25(31)28-22(16-18-10-4-1-5-11-18)26(32)33-24(19-12-6-2-7-13-19)20-14-8-3-9-15-20;/h2-3,6-9,12-15,18,21-22,24H,1,4-5,10-11,16-17,27H2,(H,28,31)(H,29,30);1H/t21-,22-;/m0./s1. The molecule has 3 rings (SSSR count). The zero-order valence-electron chi connectivity index (χ0n) is 19.1. The van der Waals surface area contributed by atoms with Gasteiger partial charge < -0.3 is 20.9 Å². The fourth-order valence-corrected chi connectivity index (χ4v) is 4.31. The summed E-state index contributed by atoms with van der Waals surface area (Å²) >= 11 is 0. The minimum Gasteiger partial charge on any atom is -0.481 e. The van der Waals surface area contributed by atoms with E-state index in [1.165, 1.54) is 6.42 Å². The van der Waals surface area contributed by atoms with Crippen LogP contribution < -0.4 is 11.1 Å². The van der Waals surface area contributed by atoms with E-state index in [-0.39, 0.29) is 12.4 Å². The van der Waals surface area contributed by atoms with Crippen molar-refractivity contribution in [3.8, 4) is 0 Å². The van der Waals surface area contributed by atoms with Crippen molar-refractivity contribution in [2.75, 3.05) is 0 Å². The highest BCUT2D eigenvalue weighted by molar-refractivity contribution is 5.89. The van der Waals surface area contributed by atoms with Crippen LogP contribution >= 0.6 is 12.4 Å². The van der Waals surface area contributed by atoms with Gasteiger partial charge in [-0.3, -0.25) is 9.59 Å². The molecule has 0 spiro atoms. The van der Waals surface area contributed by atoms with Crippen LogP contribution in [0.2, 0.25) is 0 Å². The molecule has 0 aromatic heterocycles. The minimum absolute atomic E-state index is 0. The van der Waals surface area contributed by atoms with Crippen molar-refractivity contribution in [3.05, 3.63) is 71.8 Å². The SMILES string of the molecule is Cl.N[C@@H](CC(=O)O)C(=O)N[C@@H](CC1CCCCC1)C(=O)OC(c1ccccc1)c1ccccc1. The molecular formula is C26H33ClN2O5. The van der Waals surface area contributed by atoms with E-state index in [1.54, 1.807) is 0 Å². The Morgan fingerprint density at radius 1 is 0.941 bits per heavy atom. The van der Waals surface area contributed by atoms with Crippen molar-refractivity contribution in [1.29, 1.82) is 0 Å². The van der Waals surface area contributed by atoms with Gasteiger partial charge in [-0.05, 0) is 23.5 Å². The number of aliphatic carboxylic acids is 1. The Labute approximate surface area is 206 Å². The molecule has 1 amide bonds. The van der Waals surface area contributed by atoms with Gasteiger partial charge in [-0.2, -0.15) is 0 Å². The quantitative estimate of drug-likeness (QED) is 0.435. The van der Waals surface area contributed by atoms with Gasteiger partial charge in [0.05, 0.1) is 12.5 Å². The Kier molecular flexibility index (Phi) is 11.0. The van der Waals surface area contributed by atoms with Gasteiger partial charge >= 0.3 is 11.9 Å². The molecule has 0 saturated heterocycles. The molecule has 34 heavy (non-hydrogen) atoms. The van der Waals surface area contributed by atoms with E-state index in [9.17, 15) is 14.4 Å². The summed E-state index contributed by atoms with van der Waals surface area (Å²) in [5.74, 6) is -2.09. The van der Waals surface area contributed by atoms with Crippen LogP contribution in [0, 0.1) is 5.92 Å². The van der Waals surface area contributed by atoms with Crippen molar-refractivity contribution in [3.63, 3.8) is 0 Å². The van der Waals surface area contributed by atoms with Gasteiger partial charge in [0, 0.05) is 0 Å². The Morgan fingerprint density at radius 3 is 1.97 bits per heavy atom. The molecule has 0 aliphatic heterocycles. The van der Waals surface area contributed by atoms with E-state index in [2.05, 4.69) is 5.32 Å². The fourth-order valence-electron chi connectivity index (χ4n) is 4.31. The lowest BCUT2D eigenvalue weighted by Crippen LogP contribution is -2.50. The summed E-state index contributed by atoms with van der Waals surface area (Å²) in [6, 6.07) is 16.7. The number of esters is 1. The Morgan fingerprint density at radius 2 is 1.47 bits per heavy atom. The second kappa shape index (κ2) is 13.7. The van der Waals surface area contributed by atoms with E-state index >= 15 is 0 Å². The number of carboxylic acid groups (broad SMARTS) is 1. The second-order valence-electron chi connectivity index (χ2n) is 8.64. The van der Waals surface area contributed by atoms with E-state index in [0.717, 1.165) is 36.8 Å². The van der Waals surface area contributed by atoms with Crippen LogP contribution in [-0.4, -0.2) is 35.0 Å². The highest BCUT2D eigenvalue weighted by Crippen LogP contribution is 2.30. The van der Waals surface area contributed by atoms with Crippen molar-refractivity contribution in [2.24, 2.45) is 11.7 Å². The molecule has 1 aliphatic carbocycles. The molecule has 1 aliphatic rings. The molecule has 0 heterocycles. The molecule has 0 bridgehead atoms. The van der Waals surface area contributed by atoms with E-state index < -0.39 is 42.5 Å². The first-order valence-corrected chi connectivity index (χ1v) is 11.5. The number of carboxylic acids is 1. The van der Waals surface area contributed by atoms with E-state index in [4.69, 9.17) is 15.6 Å². The number of ether oxygens (including phenoxy) is 1. The first kappa shape index (κ1) is 27.3. The van der Waals surface area contributed by atoms with Crippen molar-refractivity contribution in [2.45, 2.75) is 63.1 Å². The molecule has 0 unspecified atom stereocenters. The molecule has 184 valence electrons. The largest absolute Gasteiger partial charge is 0.481 e. The lowest BCUT2D eigenvalue weighted by Gasteiger charge is -2.28. The molecule has 1 saturated carbocycles. The predicted molar refractivity (Wildman–Crippen MR) is 131 cm³/mol. The number of carbonyl (C=O) groups excluding carboxylic acids is 2. The first-order valence-electron chi connectivity index (χ1n) is 11.5. The molecule has 2 atom stereocenters. The zero-order valence-corrected chi connectivity index (χ0v) is 19.9. The number of halogens is 1. The van der Waals surface area contributed by atoms with Gasteiger partial charge in [-0.25, -0.2) is 4.79 Å². The molecular weight excluding hydrogens is 456 g/mol. The van der Waals surface area contributed by atoms with Gasteiger partial charge in [-0.15, -0.1) is 12.4 Å². The summed E-state index contributed by atoms with van der Waals surface area (Å²) in [5.41, 5.74) is 7.38. The second-order valence-corrected chi connectivity index (χ2v) is 8.64. The average molecular weight is 489 g/mol. The van der Waals surface area contributed by atoms with Crippen molar-refractivity contribution in [1.82, 2.24) is 5.32 Å². The summed E-state index contributed by atoms with van der Waals surface area (Å²) in [6.45, 7) is 0. The highest BCUT2D eigenvalue weighted by atomic mass is 35.5. The highest BCUT2D eigenvalue weighted by Gasteiger charge is 2.31. The maximum Gasteiger partial charge on any atom is 0.329 e. The third kappa shape index (κ3) is 8.15. The first-order chi connectivity index (χ1) is 15.9. The third-order valence-electron chi connectivity index (χ3n) is 6.06. The van der Waals surface area contributed by atoms with Gasteiger partial charge in [0.2, 0.25) is 5.91 Å². The van der Waals surface area contributed by atoms with Crippen molar-refractivity contribution >= 4 is 30.3 Å². The van der Waals surface area contributed by atoms with Crippen molar-refractivity contribution < 1.29 is 24.2 Å². The number of nitrogens with two attached hydrogens (primary N) is 1.